The average molecular weight is 298 g/mol. The fraction of sp³-hybridized carbons (Fsp3) is 0.176. The van der Waals surface area contributed by atoms with E-state index in [-0.39, 0.29) is 11.7 Å². The van der Waals surface area contributed by atoms with Crippen molar-refractivity contribution < 1.29 is 24.4 Å². The van der Waals surface area contributed by atoms with E-state index < -0.39 is 5.92 Å². The largest absolute Gasteiger partial charge is 0.497 e. The fourth-order valence-electron chi connectivity index (χ4n) is 2.56. The van der Waals surface area contributed by atoms with Crippen LogP contribution < -0.4 is 14.5 Å². The smallest absolute Gasteiger partial charge is 0.353 e. The maximum absolute atomic E-state index is 12.7. The zero-order valence-electron chi connectivity index (χ0n) is 12.3. The zero-order chi connectivity index (χ0) is 15.7. The number of hydrogen-bond acceptors (Lipinski definition) is 3. The molecular weight excluding hydrogens is 282 g/mol. The molecule has 2 N–H and O–H groups in total. The number of ether oxygens (including phenoxy) is 2. The summed E-state index contributed by atoms with van der Waals surface area (Å²) in [6.45, 7) is 0. The molecule has 0 amide bonds. The van der Waals surface area contributed by atoms with Crippen LogP contribution in [0, 0.1) is 0 Å². The predicted molar refractivity (Wildman–Crippen MR) is 81.3 cm³/mol. The van der Waals surface area contributed by atoms with Gasteiger partial charge in [-0.3, -0.25) is 4.79 Å². The van der Waals surface area contributed by atoms with Crippen molar-refractivity contribution in [2.24, 2.45) is 0 Å². The number of Topliss-reactive ketones (excluding diaryl/α,β-unsaturated/α-hetero) is 1. The van der Waals surface area contributed by atoms with Crippen molar-refractivity contribution in [3.8, 4) is 11.5 Å². The van der Waals surface area contributed by atoms with Gasteiger partial charge in [0.25, 0.3) is 0 Å². The molecule has 0 saturated heterocycles. The van der Waals surface area contributed by atoms with E-state index in [0.717, 1.165) is 0 Å². The Labute approximate surface area is 127 Å². The van der Waals surface area contributed by atoms with Crippen LogP contribution >= 0.6 is 0 Å². The molecule has 1 aliphatic rings. The van der Waals surface area contributed by atoms with Gasteiger partial charge in [0.15, 0.2) is 11.7 Å². The van der Waals surface area contributed by atoms with Gasteiger partial charge in [-0.15, -0.1) is 0 Å². The van der Waals surface area contributed by atoms with Gasteiger partial charge in [0.1, 0.15) is 11.5 Å². The minimum atomic E-state index is -0.730. The van der Waals surface area contributed by atoms with Crippen LogP contribution in [-0.2, 0) is 0 Å². The highest BCUT2D eigenvalue weighted by atomic mass is 16.5. The Morgan fingerprint density at radius 3 is 2.27 bits per heavy atom. The highest BCUT2D eigenvalue weighted by Gasteiger charge is 2.38. The first kappa shape index (κ1) is 14.1. The summed E-state index contributed by atoms with van der Waals surface area (Å²) >= 11 is 0. The number of aliphatic hydroxyl groups is 1. The van der Waals surface area contributed by atoms with Gasteiger partial charge in [0.05, 0.1) is 25.8 Å². The highest BCUT2D eigenvalue weighted by Crippen LogP contribution is 2.29. The van der Waals surface area contributed by atoms with E-state index in [2.05, 4.69) is 4.99 Å². The van der Waals surface area contributed by atoms with Crippen molar-refractivity contribution in [2.45, 2.75) is 5.92 Å². The number of methoxy groups -OCH3 is 2. The third kappa shape index (κ3) is 2.30. The molecule has 2 aromatic carbocycles. The van der Waals surface area contributed by atoms with E-state index in [9.17, 15) is 9.90 Å². The molecule has 112 valence electrons. The molecule has 0 radical (unpaired) electrons. The molecule has 5 heteroatoms. The van der Waals surface area contributed by atoms with Crippen molar-refractivity contribution in [2.75, 3.05) is 14.2 Å². The topological polar surface area (TPSA) is 69.7 Å². The van der Waals surface area contributed by atoms with Gasteiger partial charge in [-0.2, -0.15) is 4.99 Å². The van der Waals surface area contributed by atoms with Crippen molar-refractivity contribution in [1.82, 2.24) is 0 Å². The normalized spacial score (nSPS) is 16.7. The number of carbonyl (C=O) groups is 1. The minimum Gasteiger partial charge on any atom is -0.497 e. The summed E-state index contributed by atoms with van der Waals surface area (Å²) in [4.78, 5) is 15.6. The molecule has 0 fully saturated rings. The monoisotopic (exact) mass is 298 g/mol. The summed E-state index contributed by atoms with van der Waals surface area (Å²) in [5, 5.41) is 10.2. The van der Waals surface area contributed by atoms with Gasteiger partial charge in [0, 0.05) is 0 Å². The second kappa shape index (κ2) is 5.52. The number of hydrogen-bond donors (Lipinski definition) is 2. The first-order valence-corrected chi connectivity index (χ1v) is 6.83. The second-order valence-electron chi connectivity index (χ2n) is 4.99. The molecule has 0 bridgehead atoms. The highest BCUT2D eigenvalue weighted by molar-refractivity contribution is 6.16. The number of carbonyl (C=O) groups excluding carboxylic acids is 1. The molecule has 22 heavy (non-hydrogen) atoms. The maximum atomic E-state index is 12.7. The lowest BCUT2D eigenvalue weighted by atomic mass is 9.87. The molecular formula is C17H16NO4+. The Morgan fingerprint density at radius 1 is 1.00 bits per heavy atom. The van der Waals surface area contributed by atoms with Crippen LogP contribution in [0.4, 0.5) is 5.69 Å². The third-order valence-electron chi connectivity index (χ3n) is 3.74. The van der Waals surface area contributed by atoms with Crippen LogP contribution in [0.25, 0.3) is 0 Å². The Hall–Kier alpha value is -2.82. The average Bonchev–Trinajstić information content (AvgIpc) is 2.55. The second-order valence-corrected chi connectivity index (χ2v) is 4.99. The Bertz CT molecular complexity index is 750. The van der Waals surface area contributed by atoms with Crippen molar-refractivity contribution >= 4 is 17.4 Å². The molecule has 1 atom stereocenters. The lowest BCUT2D eigenvalue weighted by Crippen LogP contribution is -2.71. The standard InChI is InChI=1S/C17H15NO4/c1-21-11-5-3-10(4-6-11)15-16(19)13-8-7-12(22-2)9-14(13)18-17(15)20/h3-9,15H,1-2H3,(H,18,20)/p+1/t15-/m0/s1. The molecule has 0 saturated carbocycles. The first-order chi connectivity index (χ1) is 10.6. The van der Waals surface area contributed by atoms with E-state index in [0.29, 0.717) is 28.3 Å². The van der Waals surface area contributed by atoms with Crippen molar-refractivity contribution in [3.05, 3.63) is 53.6 Å². The molecule has 0 aromatic heterocycles. The molecule has 5 nitrogen and oxygen atoms in total. The van der Waals surface area contributed by atoms with E-state index in [1.165, 1.54) is 0 Å². The Balaban J connectivity index is 2.03. The molecule has 0 unspecified atom stereocenters. The first-order valence-electron chi connectivity index (χ1n) is 6.83. The number of fused-ring (bicyclic) bond motifs is 1. The SMILES string of the molecule is COc1ccc([C@H]2C(=O)c3ccc(OC)cc3[NH+]=C2O)cc1. The molecule has 1 heterocycles. The minimum absolute atomic E-state index is 0.0871. The number of rotatable bonds is 3. The van der Waals surface area contributed by atoms with Crippen LogP contribution in [0.1, 0.15) is 21.8 Å². The van der Waals surface area contributed by atoms with Crippen LogP contribution in [-0.4, -0.2) is 31.0 Å². The zero-order valence-corrected chi connectivity index (χ0v) is 12.3. The molecule has 3 rings (SSSR count). The maximum Gasteiger partial charge on any atom is 0.353 e. The number of ketones is 1. The quantitative estimate of drug-likeness (QED) is 0.897. The number of benzene rings is 2. The fourth-order valence-corrected chi connectivity index (χ4v) is 2.56. The van der Waals surface area contributed by atoms with E-state index in [1.807, 2.05) is 0 Å². The summed E-state index contributed by atoms with van der Waals surface area (Å²) in [7, 11) is 3.13. The summed E-state index contributed by atoms with van der Waals surface area (Å²) in [5.74, 6) is 0.348. The lowest BCUT2D eigenvalue weighted by molar-refractivity contribution is -0.369. The predicted octanol–water partition coefficient (Wildman–Crippen LogP) is 1.35. The number of nitrogens with one attached hydrogen (secondary N) is 1. The molecule has 0 aliphatic carbocycles. The Morgan fingerprint density at radius 2 is 1.64 bits per heavy atom. The van der Waals surface area contributed by atoms with Crippen LogP contribution in [0.2, 0.25) is 0 Å². The van der Waals surface area contributed by atoms with Gasteiger partial charge >= 0.3 is 5.90 Å². The number of aliphatic hydroxyl groups excluding tert-OH is 1. The lowest BCUT2D eigenvalue weighted by Gasteiger charge is -2.16. The summed E-state index contributed by atoms with van der Waals surface area (Å²) in [6.07, 6.45) is 0. The van der Waals surface area contributed by atoms with Gasteiger partial charge in [-0.05, 0) is 29.8 Å². The van der Waals surface area contributed by atoms with Gasteiger partial charge in [0.2, 0.25) is 5.69 Å². The van der Waals surface area contributed by atoms with E-state index in [4.69, 9.17) is 9.47 Å². The van der Waals surface area contributed by atoms with Gasteiger partial charge < -0.3 is 14.6 Å². The summed E-state index contributed by atoms with van der Waals surface area (Å²) in [6, 6.07) is 12.2. The van der Waals surface area contributed by atoms with Gasteiger partial charge in [-0.1, -0.05) is 12.1 Å². The molecule has 0 spiro atoms. The van der Waals surface area contributed by atoms with E-state index >= 15 is 0 Å². The molecule has 1 aliphatic heterocycles. The third-order valence-corrected chi connectivity index (χ3v) is 3.74. The van der Waals surface area contributed by atoms with Crippen LogP contribution in [0.3, 0.4) is 0 Å². The molecule has 2 aromatic rings. The summed E-state index contributed by atoms with van der Waals surface area (Å²) in [5.41, 5.74) is 1.78. The van der Waals surface area contributed by atoms with E-state index in [1.54, 1.807) is 56.7 Å². The van der Waals surface area contributed by atoms with Crippen molar-refractivity contribution in [3.63, 3.8) is 0 Å². The van der Waals surface area contributed by atoms with Crippen molar-refractivity contribution in [1.29, 1.82) is 0 Å². The van der Waals surface area contributed by atoms with Crippen LogP contribution in [0.15, 0.2) is 42.5 Å². The van der Waals surface area contributed by atoms with Gasteiger partial charge in [-0.25, -0.2) is 0 Å². The summed E-state index contributed by atoms with van der Waals surface area (Å²) < 4.78 is 10.2. The van der Waals surface area contributed by atoms with Crippen LogP contribution in [0.5, 0.6) is 11.5 Å². The Kier molecular flexibility index (Phi) is 3.55.